The predicted octanol–water partition coefficient (Wildman–Crippen LogP) is 0.851. The minimum Gasteiger partial charge on any atom is -0.375 e. The predicted molar refractivity (Wildman–Crippen MR) is 82.7 cm³/mol. The first-order valence-corrected chi connectivity index (χ1v) is 7.29. The lowest BCUT2D eigenvalue weighted by Crippen LogP contribution is -2.49. The Morgan fingerprint density at radius 1 is 1.32 bits per heavy atom. The molecule has 1 saturated heterocycles. The molecule has 1 fully saturated rings. The normalized spacial score (nSPS) is 21.9. The van der Waals surface area contributed by atoms with E-state index in [-0.39, 0.29) is 17.7 Å². The summed E-state index contributed by atoms with van der Waals surface area (Å²) >= 11 is 0. The number of anilines is 1. The van der Waals surface area contributed by atoms with Crippen LogP contribution >= 0.6 is 0 Å². The van der Waals surface area contributed by atoms with Crippen molar-refractivity contribution in [2.24, 2.45) is 7.05 Å². The molecule has 7 nitrogen and oxygen atoms in total. The van der Waals surface area contributed by atoms with Crippen molar-refractivity contribution in [2.45, 2.75) is 26.0 Å². The third kappa shape index (κ3) is 2.71. The van der Waals surface area contributed by atoms with Crippen molar-refractivity contribution in [1.82, 2.24) is 19.5 Å². The van der Waals surface area contributed by atoms with E-state index in [9.17, 15) is 4.79 Å². The first-order chi connectivity index (χ1) is 10.6. The maximum absolute atomic E-state index is 12.3. The van der Waals surface area contributed by atoms with Crippen molar-refractivity contribution in [2.75, 3.05) is 18.1 Å². The minimum absolute atomic E-state index is 0.107. The summed E-state index contributed by atoms with van der Waals surface area (Å²) in [4.78, 5) is 27.1. The Hall–Kier alpha value is -2.28. The highest BCUT2D eigenvalue weighted by atomic mass is 16.5. The molecule has 0 aliphatic carbocycles. The molecule has 1 aliphatic heterocycles. The number of rotatable bonds is 2. The van der Waals surface area contributed by atoms with Crippen LogP contribution in [0.3, 0.4) is 0 Å². The van der Waals surface area contributed by atoms with Crippen molar-refractivity contribution >= 4 is 5.95 Å². The maximum Gasteiger partial charge on any atom is 0.255 e. The summed E-state index contributed by atoms with van der Waals surface area (Å²) in [6.45, 7) is 5.41. The van der Waals surface area contributed by atoms with Crippen molar-refractivity contribution in [1.29, 1.82) is 0 Å². The van der Waals surface area contributed by atoms with Crippen LogP contribution in [0.25, 0.3) is 11.4 Å². The highest BCUT2D eigenvalue weighted by molar-refractivity contribution is 5.55. The Morgan fingerprint density at radius 3 is 2.86 bits per heavy atom. The number of nitrogens with zero attached hydrogens (tertiary/aromatic N) is 5. The van der Waals surface area contributed by atoms with E-state index >= 15 is 0 Å². The molecule has 0 saturated carbocycles. The van der Waals surface area contributed by atoms with E-state index in [0.29, 0.717) is 30.5 Å². The lowest BCUT2D eigenvalue weighted by Gasteiger charge is -2.38. The Labute approximate surface area is 128 Å². The van der Waals surface area contributed by atoms with Gasteiger partial charge in [-0.25, -0.2) is 15.0 Å². The first kappa shape index (κ1) is 14.6. The highest BCUT2D eigenvalue weighted by Crippen LogP contribution is 2.21. The molecule has 22 heavy (non-hydrogen) atoms. The fourth-order valence-electron chi connectivity index (χ4n) is 2.54. The third-order valence-electron chi connectivity index (χ3n) is 3.82. The molecule has 3 rings (SSSR count). The average Bonchev–Trinajstić information content (AvgIpc) is 2.53. The fourth-order valence-corrected chi connectivity index (χ4v) is 2.54. The molecular weight excluding hydrogens is 282 g/mol. The first-order valence-electron chi connectivity index (χ1n) is 7.29. The monoisotopic (exact) mass is 301 g/mol. The third-order valence-corrected chi connectivity index (χ3v) is 3.82. The molecule has 2 atom stereocenters. The van der Waals surface area contributed by atoms with E-state index in [2.05, 4.69) is 26.8 Å². The van der Waals surface area contributed by atoms with Gasteiger partial charge < -0.3 is 9.64 Å². The number of hydrogen-bond acceptors (Lipinski definition) is 6. The molecule has 116 valence electrons. The molecule has 3 heterocycles. The average molecular weight is 301 g/mol. The number of ether oxygens (including phenoxy) is 1. The van der Waals surface area contributed by atoms with Gasteiger partial charge in [0, 0.05) is 25.9 Å². The molecule has 2 aromatic rings. The van der Waals surface area contributed by atoms with Crippen molar-refractivity contribution < 1.29 is 4.74 Å². The van der Waals surface area contributed by atoms with Gasteiger partial charge in [0.2, 0.25) is 5.95 Å². The van der Waals surface area contributed by atoms with Crippen LogP contribution in [0.5, 0.6) is 0 Å². The molecule has 0 N–H and O–H groups in total. The zero-order valence-corrected chi connectivity index (χ0v) is 12.9. The maximum atomic E-state index is 12.3. The molecule has 0 spiro atoms. The van der Waals surface area contributed by atoms with Crippen LogP contribution in [0.4, 0.5) is 5.95 Å². The van der Waals surface area contributed by atoms with Gasteiger partial charge in [-0.3, -0.25) is 9.36 Å². The molecular formula is C15H19N5O2. The Kier molecular flexibility index (Phi) is 3.89. The molecule has 0 unspecified atom stereocenters. The van der Waals surface area contributed by atoms with Crippen molar-refractivity contribution in [3.05, 3.63) is 35.0 Å². The summed E-state index contributed by atoms with van der Waals surface area (Å²) < 4.78 is 7.22. The van der Waals surface area contributed by atoms with Gasteiger partial charge in [0.25, 0.3) is 5.56 Å². The second-order valence-corrected chi connectivity index (χ2v) is 5.58. The number of morpholine rings is 1. The van der Waals surface area contributed by atoms with Crippen molar-refractivity contribution in [3.8, 4) is 11.4 Å². The van der Waals surface area contributed by atoms with Gasteiger partial charge in [0.15, 0.2) is 0 Å². The molecule has 1 aliphatic rings. The van der Waals surface area contributed by atoms with Gasteiger partial charge >= 0.3 is 0 Å². The standard InChI is InChI=1S/C15H19N5O2/c1-10-8-22-11(2)7-20(10)15-18-13(6-14(21)19(15)3)12-4-5-16-9-17-12/h4-6,9-11H,7-8H2,1-3H3/t10-,11+/m1/s1. The summed E-state index contributed by atoms with van der Waals surface area (Å²) in [5.74, 6) is 0.642. The zero-order valence-electron chi connectivity index (χ0n) is 12.9. The lowest BCUT2D eigenvalue weighted by atomic mass is 10.2. The largest absolute Gasteiger partial charge is 0.375 e. The topological polar surface area (TPSA) is 73.1 Å². The van der Waals surface area contributed by atoms with Gasteiger partial charge in [0.1, 0.15) is 6.33 Å². The number of hydrogen-bond donors (Lipinski definition) is 0. The van der Waals surface area contributed by atoms with Crippen LogP contribution in [-0.4, -0.2) is 44.8 Å². The van der Waals surface area contributed by atoms with Crippen LogP contribution in [0.15, 0.2) is 29.5 Å². The second-order valence-electron chi connectivity index (χ2n) is 5.58. The van der Waals surface area contributed by atoms with Crippen LogP contribution < -0.4 is 10.5 Å². The SMILES string of the molecule is C[C@@H]1CO[C@@H](C)CN1c1nc(-c2ccncn2)cc(=O)n1C. The molecule has 7 heteroatoms. The van der Waals surface area contributed by atoms with E-state index in [1.807, 2.05) is 6.92 Å². The summed E-state index contributed by atoms with van der Waals surface area (Å²) in [5, 5.41) is 0. The molecule has 0 amide bonds. The number of aromatic nitrogens is 4. The highest BCUT2D eigenvalue weighted by Gasteiger charge is 2.27. The summed E-state index contributed by atoms with van der Waals surface area (Å²) in [5.41, 5.74) is 1.10. The van der Waals surface area contributed by atoms with E-state index in [4.69, 9.17) is 4.74 Å². The minimum atomic E-state index is -0.107. The Balaban J connectivity index is 2.07. The second kappa shape index (κ2) is 5.84. The molecule has 0 bridgehead atoms. The molecule has 0 radical (unpaired) electrons. The summed E-state index contributed by atoms with van der Waals surface area (Å²) in [7, 11) is 1.74. The van der Waals surface area contributed by atoms with Crippen LogP contribution in [-0.2, 0) is 11.8 Å². The molecule has 0 aromatic carbocycles. The van der Waals surface area contributed by atoms with Gasteiger partial charge in [-0.1, -0.05) is 0 Å². The molecule has 2 aromatic heterocycles. The zero-order chi connectivity index (χ0) is 15.7. The van der Waals surface area contributed by atoms with Gasteiger partial charge in [0.05, 0.1) is 30.1 Å². The smallest absolute Gasteiger partial charge is 0.255 e. The van der Waals surface area contributed by atoms with Crippen LogP contribution in [0, 0.1) is 0 Å². The van der Waals surface area contributed by atoms with Gasteiger partial charge in [-0.2, -0.15) is 0 Å². The Bertz CT molecular complexity index is 716. The fraction of sp³-hybridized carbons (Fsp3) is 0.467. The van der Waals surface area contributed by atoms with Crippen LogP contribution in [0.2, 0.25) is 0 Å². The summed E-state index contributed by atoms with van der Waals surface area (Å²) in [6.07, 6.45) is 3.20. The van der Waals surface area contributed by atoms with E-state index in [0.717, 1.165) is 0 Å². The van der Waals surface area contributed by atoms with Gasteiger partial charge in [-0.15, -0.1) is 0 Å². The summed E-state index contributed by atoms with van der Waals surface area (Å²) in [6, 6.07) is 3.41. The Morgan fingerprint density at radius 2 is 2.14 bits per heavy atom. The van der Waals surface area contributed by atoms with Gasteiger partial charge in [-0.05, 0) is 19.9 Å². The van der Waals surface area contributed by atoms with E-state index < -0.39 is 0 Å². The van der Waals surface area contributed by atoms with E-state index in [1.54, 1.807) is 23.9 Å². The van der Waals surface area contributed by atoms with E-state index in [1.165, 1.54) is 12.4 Å². The quantitative estimate of drug-likeness (QED) is 0.819. The van der Waals surface area contributed by atoms with Crippen LogP contribution in [0.1, 0.15) is 13.8 Å². The van der Waals surface area contributed by atoms with Crippen molar-refractivity contribution in [3.63, 3.8) is 0 Å². The lowest BCUT2D eigenvalue weighted by molar-refractivity contribution is 0.0334.